The molecule has 2 nitrogen and oxygen atoms in total. The van der Waals surface area contributed by atoms with Crippen molar-refractivity contribution in [1.29, 1.82) is 0 Å². The van der Waals surface area contributed by atoms with Crippen LogP contribution in [0, 0.1) is 5.41 Å². The van der Waals surface area contributed by atoms with E-state index in [0.29, 0.717) is 12.5 Å². The maximum atomic E-state index is 12.0. The van der Waals surface area contributed by atoms with E-state index in [1.54, 1.807) is 0 Å². The molecule has 1 saturated carbocycles. The van der Waals surface area contributed by atoms with Gasteiger partial charge >= 0.3 is 0 Å². The zero-order chi connectivity index (χ0) is 12.5. The minimum Gasteiger partial charge on any atom is -0.490 e. The Kier molecular flexibility index (Phi) is 3.23. The second-order valence-electron chi connectivity index (χ2n) is 6.00. The minimum absolute atomic E-state index is 0.0419. The fourth-order valence-corrected chi connectivity index (χ4v) is 1.68. The molecule has 1 aliphatic carbocycles. The van der Waals surface area contributed by atoms with Crippen molar-refractivity contribution in [3.05, 3.63) is 29.8 Å². The average molecular weight is 232 g/mol. The maximum Gasteiger partial charge on any atom is 0.163 e. The Morgan fingerprint density at radius 3 is 2.29 bits per heavy atom. The molecule has 1 aromatic rings. The van der Waals surface area contributed by atoms with Crippen LogP contribution in [0.25, 0.3) is 0 Å². The lowest BCUT2D eigenvalue weighted by Crippen LogP contribution is -2.12. The second-order valence-corrected chi connectivity index (χ2v) is 6.00. The molecule has 1 aromatic carbocycles. The van der Waals surface area contributed by atoms with Gasteiger partial charge in [0.25, 0.3) is 0 Å². The maximum absolute atomic E-state index is 12.0. The highest BCUT2D eigenvalue weighted by molar-refractivity contribution is 5.96. The summed E-state index contributed by atoms with van der Waals surface area (Å²) in [4.78, 5) is 12.0. The highest BCUT2D eigenvalue weighted by Crippen LogP contribution is 2.27. The molecule has 0 atom stereocenters. The number of carbonyl (C=O) groups is 1. The zero-order valence-electron chi connectivity index (χ0n) is 10.8. The van der Waals surface area contributed by atoms with Gasteiger partial charge in [0.15, 0.2) is 5.78 Å². The largest absolute Gasteiger partial charge is 0.490 e. The molecule has 0 amide bonds. The normalized spacial score (nSPS) is 15.7. The van der Waals surface area contributed by atoms with Crippen molar-refractivity contribution < 1.29 is 9.53 Å². The molecule has 0 aliphatic heterocycles. The number of rotatable bonds is 4. The molecule has 92 valence electrons. The molecule has 0 radical (unpaired) electrons. The van der Waals surface area contributed by atoms with Crippen molar-refractivity contribution in [2.75, 3.05) is 0 Å². The molecule has 0 aromatic heterocycles. The van der Waals surface area contributed by atoms with Crippen LogP contribution in [0.1, 0.15) is 50.4 Å². The van der Waals surface area contributed by atoms with Crippen LogP contribution in [0.15, 0.2) is 24.3 Å². The number of hydrogen-bond donors (Lipinski definition) is 0. The lowest BCUT2D eigenvalue weighted by molar-refractivity contribution is 0.0940. The third kappa shape index (κ3) is 3.88. The van der Waals surface area contributed by atoms with E-state index in [0.717, 1.165) is 24.2 Å². The van der Waals surface area contributed by atoms with Crippen molar-refractivity contribution in [2.24, 2.45) is 5.41 Å². The predicted octanol–water partition coefficient (Wildman–Crippen LogP) is 3.85. The van der Waals surface area contributed by atoms with Gasteiger partial charge in [0.05, 0.1) is 6.10 Å². The third-order valence-corrected chi connectivity index (χ3v) is 2.69. The summed E-state index contributed by atoms with van der Waals surface area (Å²) in [6.07, 6.45) is 3.30. The third-order valence-electron chi connectivity index (χ3n) is 2.69. The molecule has 2 heteroatoms. The van der Waals surface area contributed by atoms with Crippen molar-refractivity contribution in [3.8, 4) is 5.75 Å². The van der Waals surface area contributed by atoms with E-state index in [9.17, 15) is 4.79 Å². The number of ether oxygens (including phenoxy) is 1. The second kappa shape index (κ2) is 4.52. The quantitative estimate of drug-likeness (QED) is 0.737. The van der Waals surface area contributed by atoms with E-state index in [-0.39, 0.29) is 11.2 Å². The smallest absolute Gasteiger partial charge is 0.163 e. The summed E-state index contributed by atoms with van der Waals surface area (Å²) in [7, 11) is 0. The van der Waals surface area contributed by atoms with Crippen LogP contribution in [-0.2, 0) is 0 Å². The Hall–Kier alpha value is -1.31. The van der Waals surface area contributed by atoms with Crippen molar-refractivity contribution in [2.45, 2.75) is 46.1 Å². The Balaban J connectivity index is 1.98. The summed E-state index contributed by atoms with van der Waals surface area (Å²) in [5, 5.41) is 0. The van der Waals surface area contributed by atoms with Gasteiger partial charge in [0, 0.05) is 12.0 Å². The summed E-state index contributed by atoms with van der Waals surface area (Å²) in [6.45, 7) is 6.24. The Morgan fingerprint density at radius 2 is 1.82 bits per heavy atom. The van der Waals surface area contributed by atoms with Crippen molar-refractivity contribution >= 4 is 5.78 Å². The zero-order valence-corrected chi connectivity index (χ0v) is 10.8. The summed E-state index contributed by atoms with van der Waals surface area (Å²) in [6, 6.07) is 7.53. The SMILES string of the molecule is CC(C)(C)CC(=O)c1ccc(OC2CC2)cc1. The monoisotopic (exact) mass is 232 g/mol. The number of benzene rings is 1. The molecule has 2 rings (SSSR count). The Morgan fingerprint density at radius 1 is 1.24 bits per heavy atom. The topological polar surface area (TPSA) is 26.3 Å². The van der Waals surface area contributed by atoms with E-state index >= 15 is 0 Å². The first-order valence-corrected chi connectivity index (χ1v) is 6.24. The van der Waals surface area contributed by atoms with Gasteiger partial charge in [-0.1, -0.05) is 20.8 Å². The lowest BCUT2D eigenvalue weighted by atomic mass is 9.88. The van der Waals surface area contributed by atoms with E-state index in [2.05, 4.69) is 20.8 Å². The van der Waals surface area contributed by atoms with E-state index < -0.39 is 0 Å². The van der Waals surface area contributed by atoms with Crippen LogP contribution in [0.4, 0.5) is 0 Å². The van der Waals surface area contributed by atoms with Gasteiger partial charge in [-0.2, -0.15) is 0 Å². The molecule has 1 fully saturated rings. The Labute approximate surface area is 103 Å². The summed E-state index contributed by atoms with van der Waals surface area (Å²) < 4.78 is 5.65. The summed E-state index contributed by atoms with van der Waals surface area (Å²) in [5.41, 5.74) is 0.823. The van der Waals surface area contributed by atoms with Gasteiger partial charge in [-0.05, 0) is 42.5 Å². The molecule has 0 heterocycles. The van der Waals surface area contributed by atoms with Crippen molar-refractivity contribution in [1.82, 2.24) is 0 Å². The number of carbonyl (C=O) groups excluding carboxylic acids is 1. The first-order valence-electron chi connectivity index (χ1n) is 6.24. The molecule has 0 spiro atoms. The molecule has 0 bridgehead atoms. The van der Waals surface area contributed by atoms with Gasteiger partial charge in [0.2, 0.25) is 0 Å². The van der Waals surface area contributed by atoms with Crippen LogP contribution in [0.3, 0.4) is 0 Å². The fourth-order valence-electron chi connectivity index (χ4n) is 1.68. The van der Waals surface area contributed by atoms with Gasteiger partial charge < -0.3 is 4.74 Å². The Bertz CT molecular complexity index is 394. The first kappa shape index (κ1) is 12.2. The van der Waals surface area contributed by atoms with Crippen LogP contribution >= 0.6 is 0 Å². The van der Waals surface area contributed by atoms with Gasteiger partial charge in [-0.3, -0.25) is 4.79 Å². The average Bonchev–Trinajstić information content (AvgIpc) is 3.00. The highest BCUT2D eigenvalue weighted by Gasteiger charge is 2.23. The molecular formula is C15H20O2. The van der Waals surface area contributed by atoms with E-state index in [1.807, 2.05) is 24.3 Å². The number of hydrogen-bond acceptors (Lipinski definition) is 2. The first-order chi connectivity index (χ1) is 7.94. The van der Waals surface area contributed by atoms with Gasteiger partial charge in [-0.15, -0.1) is 0 Å². The summed E-state index contributed by atoms with van der Waals surface area (Å²) in [5.74, 6) is 1.08. The fraction of sp³-hybridized carbons (Fsp3) is 0.533. The minimum atomic E-state index is 0.0419. The lowest BCUT2D eigenvalue weighted by Gasteiger charge is -2.16. The molecule has 0 N–H and O–H groups in total. The molecule has 0 saturated heterocycles. The van der Waals surface area contributed by atoms with Crippen LogP contribution < -0.4 is 4.74 Å². The predicted molar refractivity (Wildman–Crippen MR) is 68.5 cm³/mol. The number of ketones is 1. The van der Waals surface area contributed by atoms with Crippen LogP contribution in [-0.4, -0.2) is 11.9 Å². The van der Waals surface area contributed by atoms with E-state index in [1.165, 1.54) is 0 Å². The highest BCUT2D eigenvalue weighted by atomic mass is 16.5. The molecule has 0 unspecified atom stereocenters. The van der Waals surface area contributed by atoms with Gasteiger partial charge in [-0.25, -0.2) is 0 Å². The summed E-state index contributed by atoms with van der Waals surface area (Å²) >= 11 is 0. The van der Waals surface area contributed by atoms with Crippen molar-refractivity contribution in [3.63, 3.8) is 0 Å². The van der Waals surface area contributed by atoms with Crippen LogP contribution in [0.5, 0.6) is 5.75 Å². The molecule has 17 heavy (non-hydrogen) atoms. The number of Topliss-reactive ketones (excluding diaryl/α,β-unsaturated/α-hetero) is 1. The van der Waals surface area contributed by atoms with Gasteiger partial charge in [0.1, 0.15) is 5.75 Å². The molecular weight excluding hydrogens is 212 g/mol. The molecule has 1 aliphatic rings. The van der Waals surface area contributed by atoms with Crippen LogP contribution in [0.2, 0.25) is 0 Å². The standard InChI is InChI=1S/C15H20O2/c1-15(2,3)10-14(16)11-4-6-12(7-5-11)17-13-8-9-13/h4-7,13H,8-10H2,1-3H3. The van der Waals surface area contributed by atoms with E-state index in [4.69, 9.17) is 4.74 Å².